The first-order chi connectivity index (χ1) is 14.2. The summed E-state index contributed by atoms with van der Waals surface area (Å²) in [6.45, 7) is 2.90. The normalized spacial score (nSPS) is 16.3. The molecule has 1 aliphatic rings. The first kappa shape index (κ1) is 23.1. The SMILES string of the molecule is Cc1ccc(C(=O)NC(=S)Nc2ccc(S(=O)(=O)NCC3CCCO3)cc2)cc1I. The van der Waals surface area contributed by atoms with Crippen LogP contribution >= 0.6 is 34.8 Å². The lowest BCUT2D eigenvalue weighted by Gasteiger charge is -2.13. The lowest BCUT2D eigenvalue weighted by Crippen LogP contribution is -2.34. The summed E-state index contributed by atoms with van der Waals surface area (Å²) in [5, 5.41) is 5.64. The summed E-state index contributed by atoms with van der Waals surface area (Å²) < 4.78 is 33.8. The average molecular weight is 559 g/mol. The van der Waals surface area contributed by atoms with Gasteiger partial charge in [0.15, 0.2) is 5.11 Å². The van der Waals surface area contributed by atoms with Gasteiger partial charge in [0.1, 0.15) is 0 Å². The third kappa shape index (κ3) is 6.20. The first-order valence-corrected chi connectivity index (χ1v) is 12.3. The van der Waals surface area contributed by atoms with Crippen LogP contribution in [0, 0.1) is 10.5 Å². The summed E-state index contributed by atoms with van der Waals surface area (Å²) >= 11 is 7.36. The maximum atomic E-state index is 12.4. The van der Waals surface area contributed by atoms with Crippen LogP contribution < -0.4 is 15.4 Å². The molecule has 0 bridgehead atoms. The van der Waals surface area contributed by atoms with Crippen LogP contribution in [0.25, 0.3) is 0 Å². The maximum Gasteiger partial charge on any atom is 0.257 e. The van der Waals surface area contributed by atoms with Crippen molar-refractivity contribution in [2.24, 2.45) is 0 Å². The van der Waals surface area contributed by atoms with Crippen molar-refractivity contribution in [3.05, 3.63) is 57.2 Å². The summed E-state index contributed by atoms with van der Waals surface area (Å²) in [7, 11) is -3.62. The van der Waals surface area contributed by atoms with E-state index in [0.29, 0.717) is 17.9 Å². The number of nitrogens with one attached hydrogen (secondary N) is 3. The van der Waals surface area contributed by atoms with Crippen molar-refractivity contribution in [1.29, 1.82) is 0 Å². The van der Waals surface area contributed by atoms with Crippen molar-refractivity contribution in [2.75, 3.05) is 18.5 Å². The van der Waals surface area contributed by atoms with Gasteiger partial charge in [-0.3, -0.25) is 10.1 Å². The molecule has 1 fully saturated rings. The molecule has 3 N–H and O–H groups in total. The Morgan fingerprint density at radius 3 is 2.60 bits per heavy atom. The van der Waals surface area contributed by atoms with Gasteiger partial charge >= 0.3 is 0 Å². The maximum absolute atomic E-state index is 12.4. The van der Waals surface area contributed by atoms with E-state index < -0.39 is 10.0 Å². The molecule has 1 amide bonds. The van der Waals surface area contributed by atoms with Crippen LogP contribution in [0.3, 0.4) is 0 Å². The van der Waals surface area contributed by atoms with Gasteiger partial charge in [0.05, 0.1) is 11.0 Å². The van der Waals surface area contributed by atoms with Gasteiger partial charge in [0.2, 0.25) is 10.0 Å². The zero-order valence-corrected chi connectivity index (χ0v) is 20.1. The van der Waals surface area contributed by atoms with E-state index in [4.69, 9.17) is 17.0 Å². The second-order valence-electron chi connectivity index (χ2n) is 6.88. The van der Waals surface area contributed by atoms with Gasteiger partial charge in [-0.1, -0.05) is 6.07 Å². The fraction of sp³-hybridized carbons (Fsp3) is 0.300. The first-order valence-electron chi connectivity index (χ1n) is 9.34. The van der Waals surface area contributed by atoms with Gasteiger partial charge in [0.25, 0.3) is 5.91 Å². The van der Waals surface area contributed by atoms with Crippen LogP contribution in [0.5, 0.6) is 0 Å². The quantitative estimate of drug-likeness (QED) is 0.372. The standard InChI is InChI=1S/C20H22IN3O4S2/c1-13-4-5-14(11-18(13)21)19(25)24-20(29)23-15-6-8-17(9-7-15)30(26,27)22-12-16-3-2-10-28-16/h4-9,11,16,22H,2-3,10,12H2,1H3,(H2,23,24,25,29). The van der Waals surface area contributed by atoms with Crippen LogP contribution in [0.1, 0.15) is 28.8 Å². The number of carbonyl (C=O) groups is 1. The fourth-order valence-electron chi connectivity index (χ4n) is 2.88. The van der Waals surface area contributed by atoms with E-state index in [9.17, 15) is 13.2 Å². The molecule has 10 heteroatoms. The Labute approximate surface area is 195 Å². The molecule has 2 aromatic carbocycles. The molecule has 1 aliphatic heterocycles. The molecule has 0 radical (unpaired) electrons. The Hall–Kier alpha value is -1.60. The Morgan fingerprint density at radius 2 is 1.97 bits per heavy atom. The molecule has 2 aromatic rings. The number of aryl methyl sites for hydroxylation is 1. The largest absolute Gasteiger partial charge is 0.377 e. The third-order valence-corrected chi connectivity index (χ3v) is 7.41. The Bertz CT molecular complexity index is 1040. The molecule has 1 atom stereocenters. The van der Waals surface area contributed by atoms with E-state index in [1.807, 2.05) is 13.0 Å². The molecule has 0 aliphatic carbocycles. The van der Waals surface area contributed by atoms with Crippen LogP contribution in [0.15, 0.2) is 47.4 Å². The monoisotopic (exact) mass is 559 g/mol. The predicted molar refractivity (Wildman–Crippen MR) is 128 cm³/mol. The molecule has 0 aromatic heterocycles. The molecule has 160 valence electrons. The van der Waals surface area contributed by atoms with Crippen LogP contribution in [-0.2, 0) is 14.8 Å². The smallest absolute Gasteiger partial charge is 0.257 e. The van der Waals surface area contributed by atoms with Crippen molar-refractivity contribution in [3.8, 4) is 0 Å². The van der Waals surface area contributed by atoms with Gasteiger partial charge in [-0.15, -0.1) is 0 Å². The second-order valence-corrected chi connectivity index (χ2v) is 10.2. The molecule has 0 saturated carbocycles. The van der Waals surface area contributed by atoms with Crippen molar-refractivity contribution >= 4 is 61.5 Å². The number of benzene rings is 2. The average Bonchev–Trinajstić information content (AvgIpc) is 3.22. The number of amides is 1. The van der Waals surface area contributed by atoms with Crippen LogP contribution in [0.4, 0.5) is 5.69 Å². The van der Waals surface area contributed by atoms with Gasteiger partial charge in [-0.25, -0.2) is 13.1 Å². The number of anilines is 1. The Kier molecular flexibility index (Phi) is 7.80. The highest BCUT2D eigenvalue weighted by atomic mass is 127. The summed E-state index contributed by atoms with van der Waals surface area (Å²) in [5.41, 5.74) is 2.16. The molecule has 7 nitrogen and oxygen atoms in total. The molecule has 1 unspecified atom stereocenters. The molecular formula is C20H22IN3O4S2. The van der Waals surface area contributed by atoms with E-state index in [1.165, 1.54) is 12.1 Å². The highest BCUT2D eigenvalue weighted by Crippen LogP contribution is 2.16. The van der Waals surface area contributed by atoms with Crippen molar-refractivity contribution in [2.45, 2.75) is 30.8 Å². The number of hydrogen-bond acceptors (Lipinski definition) is 5. The van der Waals surface area contributed by atoms with Gasteiger partial charge in [0, 0.05) is 28.0 Å². The second kappa shape index (κ2) is 10.1. The topological polar surface area (TPSA) is 96.5 Å². The Morgan fingerprint density at radius 1 is 1.23 bits per heavy atom. The minimum atomic E-state index is -3.62. The number of ether oxygens (including phenoxy) is 1. The number of hydrogen-bond donors (Lipinski definition) is 3. The Balaban J connectivity index is 1.55. The predicted octanol–water partition coefficient (Wildman–Crippen LogP) is 3.18. The minimum Gasteiger partial charge on any atom is -0.377 e. The van der Waals surface area contributed by atoms with E-state index in [0.717, 1.165) is 22.0 Å². The lowest BCUT2D eigenvalue weighted by molar-refractivity contribution is 0.0977. The number of thiocarbonyl (C=S) groups is 1. The van der Waals surface area contributed by atoms with Crippen molar-refractivity contribution in [3.63, 3.8) is 0 Å². The third-order valence-electron chi connectivity index (χ3n) is 4.61. The van der Waals surface area contributed by atoms with E-state index >= 15 is 0 Å². The van der Waals surface area contributed by atoms with Gasteiger partial charge in [-0.2, -0.15) is 0 Å². The fourth-order valence-corrected chi connectivity index (χ4v) is 4.67. The highest BCUT2D eigenvalue weighted by molar-refractivity contribution is 14.1. The molecule has 0 spiro atoms. The van der Waals surface area contributed by atoms with Gasteiger partial charge in [-0.05, 0) is 96.5 Å². The number of carbonyl (C=O) groups excluding carboxylic acids is 1. The number of sulfonamides is 1. The minimum absolute atomic E-state index is 0.0708. The number of halogens is 1. The summed E-state index contributed by atoms with van der Waals surface area (Å²) in [6, 6.07) is 11.5. The van der Waals surface area contributed by atoms with Gasteiger partial charge < -0.3 is 10.1 Å². The molecule has 3 rings (SSSR count). The van der Waals surface area contributed by atoms with E-state index in [1.54, 1.807) is 24.3 Å². The molecule has 1 heterocycles. The summed E-state index contributed by atoms with van der Waals surface area (Å²) in [5.74, 6) is -0.317. The lowest BCUT2D eigenvalue weighted by atomic mass is 10.1. The van der Waals surface area contributed by atoms with Crippen molar-refractivity contribution < 1.29 is 17.9 Å². The summed E-state index contributed by atoms with van der Waals surface area (Å²) in [4.78, 5) is 12.5. The van der Waals surface area contributed by atoms with E-state index in [2.05, 4.69) is 37.9 Å². The van der Waals surface area contributed by atoms with E-state index in [-0.39, 0.29) is 28.6 Å². The highest BCUT2D eigenvalue weighted by Gasteiger charge is 2.20. The zero-order valence-electron chi connectivity index (χ0n) is 16.3. The zero-order chi connectivity index (χ0) is 21.7. The van der Waals surface area contributed by atoms with Crippen LogP contribution in [0.2, 0.25) is 0 Å². The van der Waals surface area contributed by atoms with Crippen molar-refractivity contribution in [1.82, 2.24) is 10.0 Å². The summed E-state index contributed by atoms with van der Waals surface area (Å²) in [6.07, 6.45) is 1.74. The number of rotatable bonds is 6. The molecule has 1 saturated heterocycles. The molecular weight excluding hydrogens is 537 g/mol. The molecule has 30 heavy (non-hydrogen) atoms. The van der Waals surface area contributed by atoms with Crippen LogP contribution in [-0.4, -0.2) is 38.7 Å².